The normalized spacial score (nSPS) is 11.2. The van der Waals surface area contributed by atoms with Gasteiger partial charge < -0.3 is 9.88 Å². The van der Waals surface area contributed by atoms with Crippen molar-refractivity contribution in [3.8, 4) is 11.4 Å². The summed E-state index contributed by atoms with van der Waals surface area (Å²) in [7, 11) is 0. The van der Waals surface area contributed by atoms with Gasteiger partial charge in [-0.25, -0.2) is 15.0 Å². The first-order valence-electron chi connectivity index (χ1n) is 10.2. The van der Waals surface area contributed by atoms with Crippen molar-refractivity contribution in [1.29, 1.82) is 0 Å². The van der Waals surface area contributed by atoms with Gasteiger partial charge in [0.2, 0.25) is 0 Å². The second-order valence-corrected chi connectivity index (χ2v) is 7.09. The summed E-state index contributed by atoms with van der Waals surface area (Å²) in [6.45, 7) is 3.79. The number of rotatable bonds is 6. The van der Waals surface area contributed by atoms with E-state index in [1.165, 1.54) is 5.52 Å². The topological polar surface area (TPSA) is 68.5 Å². The Morgan fingerprint density at radius 3 is 2.53 bits per heavy atom. The number of anilines is 1. The lowest BCUT2D eigenvalue weighted by Gasteiger charge is -2.11. The molecule has 5 rings (SSSR count). The van der Waals surface area contributed by atoms with Gasteiger partial charge in [0.1, 0.15) is 11.6 Å². The number of aryl methyl sites for hydroxylation is 1. The molecular formula is C24H22N6. The molecule has 0 spiro atoms. The van der Waals surface area contributed by atoms with E-state index >= 15 is 0 Å². The Hall–Kier alpha value is -3.80. The van der Waals surface area contributed by atoms with Crippen molar-refractivity contribution >= 4 is 27.8 Å². The average Bonchev–Trinajstić information content (AvgIpc) is 3.17. The van der Waals surface area contributed by atoms with Crippen LogP contribution in [0.1, 0.15) is 12.7 Å². The first kappa shape index (κ1) is 18.2. The van der Waals surface area contributed by atoms with Crippen molar-refractivity contribution < 1.29 is 0 Å². The zero-order chi connectivity index (χ0) is 20.3. The van der Waals surface area contributed by atoms with Crippen LogP contribution in [0, 0.1) is 0 Å². The van der Waals surface area contributed by atoms with Crippen molar-refractivity contribution in [1.82, 2.24) is 24.5 Å². The number of nitrogens with zero attached hydrogens (tertiary/aromatic N) is 5. The molecule has 2 aromatic carbocycles. The number of para-hydroxylation sites is 3. The van der Waals surface area contributed by atoms with Crippen LogP contribution in [0.15, 0.2) is 73.1 Å². The molecule has 0 fully saturated rings. The number of imidazole rings is 1. The molecule has 0 amide bonds. The van der Waals surface area contributed by atoms with E-state index in [4.69, 9.17) is 15.0 Å². The summed E-state index contributed by atoms with van der Waals surface area (Å²) in [5.41, 5.74) is 4.04. The van der Waals surface area contributed by atoms with Crippen LogP contribution in [0.4, 0.5) is 5.82 Å². The Bertz CT molecular complexity index is 1310. The molecule has 3 heterocycles. The average molecular weight is 394 g/mol. The number of nitrogens with one attached hydrogen (secondary N) is 1. The van der Waals surface area contributed by atoms with E-state index < -0.39 is 0 Å². The first-order chi connectivity index (χ1) is 14.8. The molecule has 5 aromatic rings. The third-order valence-corrected chi connectivity index (χ3v) is 5.21. The van der Waals surface area contributed by atoms with Gasteiger partial charge in [-0.3, -0.25) is 4.98 Å². The molecular weight excluding hydrogens is 372 g/mol. The second-order valence-electron chi connectivity index (χ2n) is 7.09. The van der Waals surface area contributed by atoms with Gasteiger partial charge in [0.15, 0.2) is 5.82 Å². The number of pyridine rings is 1. The van der Waals surface area contributed by atoms with E-state index in [9.17, 15) is 0 Å². The number of benzene rings is 2. The molecule has 0 bridgehead atoms. The molecule has 0 atom stereocenters. The summed E-state index contributed by atoms with van der Waals surface area (Å²) in [5, 5.41) is 4.53. The van der Waals surface area contributed by atoms with Gasteiger partial charge in [0.05, 0.1) is 16.6 Å². The van der Waals surface area contributed by atoms with Gasteiger partial charge in [-0.15, -0.1) is 0 Å². The molecule has 6 nitrogen and oxygen atoms in total. The van der Waals surface area contributed by atoms with Crippen LogP contribution in [0.5, 0.6) is 0 Å². The zero-order valence-corrected chi connectivity index (χ0v) is 16.8. The SMILES string of the molecule is CCn1c(CCNc2nc(-c3cccnc3)nc3ccccc23)nc2ccccc21. The Kier molecular flexibility index (Phi) is 4.81. The number of hydrogen-bond donors (Lipinski definition) is 1. The molecule has 6 heteroatoms. The van der Waals surface area contributed by atoms with Crippen molar-refractivity contribution in [3.63, 3.8) is 0 Å². The maximum atomic E-state index is 4.82. The molecule has 30 heavy (non-hydrogen) atoms. The molecule has 0 radical (unpaired) electrons. The lowest BCUT2D eigenvalue weighted by atomic mass is 10.2. The standard InChI is InChI=1S/C24H22N6/c1-2-30-21-12-6-5-11-20(21)27-22(30)13-15-26-24-18-9-3-4-10-19(18)28-23(29-24)17-8-7-14-25-16-17/h3-12,14,16H,2,13,15H2,1H3,(H,26,28,29). The van der Waals surface area contributed by atoms with E-state index in [0.717, 1.165) is 53.1 Å². The summed E-state index contributed by atoms with van der Waals surface area (Å²) in [6, 6.07) is 20.2. The summed E-state index contributed by atoms with van der Waals surface area (Å²) >= 11 is 0. The Morgan fingerprint density at radius 2 is 1.70 bits per heavy atom. The fraction of sp³-hybridized carbons (Fsp3) is 0.167. The van der Waals surface area contributed by atoms with Gasteiger partial charge in [0, 0.05) is 42.9 Å². The quantitative estimate of drug-likeness (QED) is 0.451. The van der Waals surface area contributed by atoms with Gasteiger partial charge in [-0.1, -0.05) is 24.3 Å². The maximum Gasteiger partial charge on any atom is 0.163 e. The summed E-state index contributed by atoms with van der Waals surface area (Å²) in [4.78, 5) is 18.5. The molecule has 0 unspecified atom stereocenters. The van der Waals surface area contributed by atoms with Gasteiger partial charge >= 0.3 is 0 Å². The lowest BCUT2D eigenvalue weighted by Crippen LogP contribution is -2.11. The predicted molar refractivity (Wildman–Crippen MR) is 120 cm³/mol. The van der Waals surface area contributed by atoms with Crippen molar-refractivity contribution in [2.24, 2.45) is 0 Å². The molecule has 0 saturated heterocycles. The number of hydrogen-bond acceptors (Lipinski definition) is 5. The molecule has 0 aliphatic carbocycles. The number of fused-ring (bicyclic) bond motifs is 2. The third-order valence-electron chi connectivity index (χ3n) is 5.21. The minimum Gasteiger partial charge on any atom is -0.369 e. The highest BCUT2D eigenvalue weighted by Crippen LogP contribution is 2.24. The van der Waals surface area contributed by atoms with E-state index in [-0.39, 0.29) is 0 Å². The van der Waals surface area contributed by atoms with Gasteiger partial charge in [0.25, 0.3) is 0 Å². The Morgan fingerprint density at radius 1 is 0.867 bits per heavy atom. The van der Waals surface area contributed by atoms with Crippen LogP contribution < -0.4 is 5.32 Å². The van der Waals surface area contributed by atoms with Crippen molar-refractivity contribution in [2.45, 2.75) is 19.9 Å². The van der Waals surface area contributed by atoms with Crippen molar-refractivity contribution in [3.05, 3.63) is 78.9 Å². The van der Waals surface area contributed by atoms with E-state index in [1.54, 1.807) is 12.4 Å². The summed E-state index contributed by atoms with van der Waals surface area (Å²) in [6.07, 6.45) is 4.35. The smallest absolute Gasteiger partial charge is 0.163 e. The highest BCUT2D eigenvalue weighted by atomic mass is 15.1. The monoisotopic (exact) mass is 394 g/mol. The van der Waals surface area contributed by atoms with Crippen molar-refractivity contribution in [2.75, 3.05) is 11.9 Å². The first-order valence-corrected chi connectivity index (χ1v) is 10.2. The van der Waals surface area contributed by atoms with Gasteiger partial charge in [-0.2, -0.15) is 0 Å². The third kappa shape index (κ3) is 3.37. The second kappa shape index (κ2) is 7.91. The molecule has 0 saturated carbocycles. The largest absolute Gasteiger partial charge is 0.369 e. The molecule has 3 aromatic heterocycles. The Labute approximate surface area is 174 Å². The zero-order valence-electron chi connectivity index (χ0n) is 16.8. The molecule has 1 N–H and O–H groups in total. The minimum absolute atomic E-state index is 0.671. The molecule has 0 aliphatic heterocycles. The summed E-state index contributed by atoms with van der Waals surface area (Å²) in [5.74, 6) is 2.58. The number of aromatic nitrogens is 5. The fourth-order valence-electron chi connectivity index (χ4n) is 3.80. The highest BCUT2D eigenvalue weighted by molar-refractivity contribution is 5.90. The molecule has 0 aliphatic rings. The van der Waals surface area contributed by atoms with Gasteiger partial charge in [-0.05, 0) is 43.3 Å². The maximum absolute atomic E-state index is 4.82. The lowest BCUT2D eigenvalue weighted by molar-refractivity contribution is 0.717. The predicted octanol–water partition coefficient (Wildman–Crippen LogP) is 4.72. The van der Waals surface area contributed by atoms with Crippen LogP contribution >= 0.6 is 0 Å². The van der Waals surface area contributed by atoms with Crippen LogP contribution in [0.25, 0.3) is 33.3 Å². The minimum atomic E-state index is 0.671. The van der Waals surface area contributed by atoms with E-state index in [2.05, 4.69) is 40.0 Å². The highest BCUT2D eigenvalue weighted by Gasteiger charge is 2.11. The van der Waals surface area contributed by atoms with Crippen LogP contribution in [-0.4, -0.2) is 31.0 Å². The van der Waals surface area contributed by atoms with Crippen LogP contribution in [0.2, 0.25) is 0 Å². The Balaban J connectivity index is 1.44. The van der Waals surface area contributed by atoms with E-state index in [0.29, 0.717) is 5.82 Å². The van der Waals surface area contributed by atoms with E-state index in [1.807, 2.05) is 42.5 Å². The molecule has 148 valence electrons. The van der Waals surface area contributed by atoms with Crippen LogP contribution in [-0.2, 0) is 13.0 Å². The van der Waals surface area contributed by atoms with Crippen LogP contribution in [0.3, 0.4) is 0 Å². The fourth-order valence-corrected chi connectivity index (χ4v) is 3.80. The summed E-state index contributed by atoms with van der Waals surface area (Å²) < 4.78 is 2.27.